The highest BCUT2D eigenvalue weighted by molar-refractivity contribution is 5.92. The molecule has 1 aromatic heterocycles. The molecule has 0 radical (unpaired) electrons. The second-order valence-electron chi connectivity index (χ2n) is 6.95. The summed E-state index contributed by atoms with van der Waals surface area (Å²) in [6, 6.07) is 9.91. The highest BCUT2D eigenvalue weighted by Gasteiger charge is 2.20. The fraction of sp³-hybridized carbons (Fsp3) is 0.400. The number of carbonyl (C=O) groups is 1. The lowest BCUT2D eigenvalue weighted by Crippen LogP contribution is -2.42. The van der Waals surface area contributed by atoms with Gasteiger partial charge in [0.15, 0.2) is 0 Å². The van der Waals surface area contributed by atoms with Crippen LogP contribution >= 0.6 is 0 Å². The summed E-state index contributed by atoms with van der Waals surface area (Å²) in [6.45, 7) is 7.21. The van der Waals surface area contributed by atoms with Crippen molar-refractivity contribution in [1.82, 2.24) is 10.3 Å². The molecule has 0 spiro atoms. The van der Waals surface area contributed by atoms with E-state index < -0.39 is 0 Å². The number of amides is 2. The number of benzene rings is 1. The Kier molecular flexibility index (Phi) is 4.85. The summed E-state index contributed by atoms with van der Waals surface area (Å²) in [6.07, 6.45) is 1.30. The molecule has 7 nitrogen and oxygen atoms in total. The smallest absolute Gasteiger partial charge is 0.319 e. The molecule has 0 saturated carbocycles. The number of nitrogens with zero attached hydrogens (tertiary/aromatic N) is 2. The molecule has 7 heteroatoms. The number of pyridine rings is 1. The van der Waals surface area contributed by atoms with Crippen LogP contribution in [0.3, 0.4) is 0 Å². The van der Waals surface area contributed by atoms with Crippen LogP contribution in [0.15, 0.2) is 30.3 Å². The van der Waals surface area contributed by atoms with E-state index in [9.17, 15) is 4.79 Å². The van der Waals surface area contributed by atoms with Crippen LogP contribution in [-0.4, -0.2) is 36.8 Å². The Morgan fingerprint density at radius 1 is 1.33 bits per heavy atom. The third-order valence-electron chi connectivity index (χ3n) is 5.06. The van der Waals surface area contributed by atoms with E-state index in [4.69, 9.17) is 9.72 Å². The Bertz CT molecular complexity index is 854. The van der Waals surface area contributed by atoms with Gasteiger partial charge in [0.05, 0.1) is 24.1 Å². The van der Waals surface area contributed by atoms with Gasteiger partial charge in [0.25, 0.3) is 0 Å². The maximum atomic E-state index is 11.4. The molecule has 27 heavy (non-hydrogen) atoms. The fourth-order valence-corrected chi connectivity index (χ4v) is 3.47. The van der Waals surface area contributed by atoms with Gasteiger partial charge in [0.1, 0.15) is 5.82 Å². The van der Waals surface area contributed by atoms with Gasteiger partial charge >= 0.3 is 6.03 Å². The van der Waals surface area contributed by atoms with Crippen molar-refractivity contribution in [2.45, 2.75) is 32.9 Å². The van der Waals surface area contributed by atoms with Crippen molar-refractivity contribution in [3.63, 3.8) is 0 Å². The first-order chi connectivity index (χ1) is 13.1. The first kappa shape index (κ1) is 17.6. The molecule has 4 rings (SSSR count). The van der Waals surface area contributed by atoms with Crippen molar-refractivity contribution in [2.24, 2.45) is 0 Å². The van der Waals surface area contributed by atoms with Crippen LogP contribution in [0.4, 0.5) is 27.7 Å². The molecule has 1 unspecified atom stereocenters. The van der Waals surface area contributed by atoms with E-state index in [0.29, 0.717) is 6.54 Å². The van der Waals surface area contributed by atoms with Crippen LogP contribution in [0.1, 0.15) is 24.6 Å². The molecular weight excluding hydrogens is 342 g/mol. The lowest BCUT2D eigenvalue weighted by Gasteiger charge is -2.33. The summed E-state index contributed by atoms with van der Waals surface area (Å²) >= 11 is 0. The predicted molar refractivity (Wildman–Crippen MR) is 107 cm³/mol. The number of carbonyl (C=O) groups excluding carboxylic acids is 1. The van der Waals surface area contributed by atoms with E-state index in [-0.39, 0.29) is 12.1 Å². The molecule has 1 fully saturated rings. The van der Waals surface area contributed by atoms with Gasteiger partial charge in [0, 0.05) is 31.0 Å². The SMILES string of the molecule is CCC1CN(c2ccc(Nc3ccc4c(c3)CNC(=O)N4)c(C)n2)CCO1. The molecule has 2 aromatic rings. The summed E-state index contributed by atoms with van der Waals surface area (Å²) in [5.41, 5.74) is 4.82. The summed E-state index contributed by atoms with van der Waals surface area (Å²) in [4.78, 5) is 18.5. The number of nitrogens with one attached hydrogen (secondary N) is 3. The number of ether oxygens (including phenoxy) is 1. The van der Waals surface area contributed by atoms with Gasteiger partial charge in [0.2, 0.25) is 0 Å². The largest absolute Gasteiger partial charge is 0.375 e. The number of fused-ring (bicyclic) bond motifs is 1. The molecular formula is C20H25N5O2. The Morgan fingerprint density at radius 3 is 3.04 bits per heavy atom. The van der Waals surface area contributed by atoms with Crippen LogP contribution in [0, 0.1) is 6.92 Å². The van der Waals surface area contributed by atoms with Crippen LogP contribution in [0.2, 0.25) is 0 Å². The normalized spacial score (nSPS) is 19.1. The number of aryl methyl sites for hydroxylation is 1. The Balaban J connectivity index is 1.49. The highest BCUT2D eigenvalue weighted by atomic mass is 16.5. The number of urea groups is 1. The summed E-state index contributed by atoms with van der Waals surface area (Å²) in [7, 11) is 0. The minimum atomic E-state index is -0.160. The van der Waals surface area contributed by atoms with Gasteiger partial charge in [-0.3, -0.25) is 0 Å². The van der Waals surface area contributed by atoms with Gasteiger partial charge in [-0.05, 0) is 49.2 Å². The summed E-state index contributed by atoms with van der Waals surface area (Å²) in [5.74, 6) is 0.997. The highest BCUT2D eigenvalue weighted by Crippen LogP contribution is 2.27. The van der Waals surface area contributed by atoms with Gasteiger partial charge in [-0.25, -0.2) is 9.78 Å². The van der Waals surface area contributed by atoms with E-state index in [1.54, 1.807) is 0 Å². The molecule has 2 amide bonds. The van der Waals surface area contributed by atoms with Gasteiger partial charge in [-0.2, -0.15) is 0 Å². The molecule has 1 aromatic carbocycles. The van der Waals surface area contributed by atoms with Crippen molar-refractivity contribution in [3.8, 4) is 0 Å². The molecule has 2 aliphatic heterocycles. The molecule has 0 bridgehead atoms. The number of anilines is 4. The van der Waals surface area contributed by atoms with Crippen molar-refractivity contribution >= 4 is 28.9 Å². The second-order valence-corrected chi connectivity index (χ2v) is 6.95. The topological polar surface area (TPSA) is 78.5 Å². The fourth-order valence-electron chi connectivity index (χ4n) is 3.47. The number of aromatic nitrogens is 1. The first-order valence-electron chi connectivity index (χ1n) is 9.41. The minimum absolute atomic E-state index is 0.160. The number of morpholine rings is 1. The van der Waals surface area contributed by atoms with Crippen molar-refractivity contribution in [3.05, 3.63) is 41.6 Å². The molecule has 2 aliphatic rings. The van der Waals surface area contributed by atoms with E-state index in [2.05, 4.69) is 39.9 Å². The summed E-state index contributed by atoms with van der Waals surface area (Å²) < 4.78 is 5.75. The molecule has 0 aliphatic carbocycles. The zero-order chi connectivity index (χ0) is 18.8. The zero-order valence-corrected chi connectivity index (χ0v) is 15.7. The van der Waals surface area contributed by atoms with Gasteiger partial charge < -0.3 is 25.6 Å². The molecule has 1 atom stereocenters. The standard InChI is InChI=1S/C20H25N5O2/c1-3-16-12-25(8-9-27-16)19-7-6-17(13(2)22-19)23-15-4-5-18-14(10-15)11-21-20(26)24-18/h4-7,10,16,23H,3,8-9,11-12H2,1-2H3,(H2,21,24,26). The average molecular weight is 367 g/mol. The van der Waals surface area contributed by atoms with Gasteiger partial charge in [-0.1, -0.05) is 6.92 Å². The Hall–Kier alpha value is -2.80. The Labute approximate surface area is 159 Å². The molecule has 3 heterocycles. The maximum Gasteiger partial charge on any atom is 0.319 e. The van der Waals surface area contributed by atoms with E-state index >= 15 is 0 Å². The Morgan fingerprint density at radius 2 is 2.22 bits per heavy atom. The number of rotatable bonds is 4. The van der Waals surface area contributed by atoms with Crippen LogP contribution in [-0.2, 0) is 11.3 Å². The van der Waals surface area contributed by atoms with Gasteiger partial charge in [-0.15, -0.1) is 0 Å². The molecule has 142 valence electrons. The van der Waals surface area contributed by atoms with E-state index in [1.165, 1.54) is 0 Å². The molecule has 3 N–H and O–H groups in total. The van der Waals surface area contributed by atoms with E-state index in [1.807, 2.05) is 25.1 Å². The summed E-state index contributed by atoms with van der Waals surface area (Å²) in [5, 5.41) is 9.03. The maximum absolute atomic E-state index is 11.4. The first-order valence-corrected chi connectivity index (χ1v) is 9.41. The second kappa shape index (κ2) is 7.44. The third kappa shape index (κ3) is 3.83. The average Bonchev–Trinajstić information content (AvgIpc) is 2.69. The zero-order valence-electron chi connectivity index (χ0n) is 15.7. The monoisotopic (exact) mass is 367 g/mol. The lowest BCUT2D eigenvalue weighted by molar-refractivity contribution is 0.0381. The van der Waals surface area contributed by atoms with E-state index in [0.717, 1.165) is 60.3 Å². The van der Waals surface area contributed by atoms with Crippen molar-refractivity contribution < 1.29 is 9.53 Å². The number of hydrogen-bond acceptors (Lipinski definition) is 5. The minimum Gasteiger partial charge on any atom is -0.375 e. The third-order valence-corrected chi connectivity index (χ3v) is 5.06. The van der Waals surface area contributed by atoms with Crippen LogP contribution in [0.25, 0.3) is 0 Å². The quantitative estimate of drug-likeness (QED) is 0.772. The van der Waals surface area contributed by atoms with Crippen molar-refractivity contribution in [1.29, 1.82) is 0 Å². The molecule has 1 saturated heterocycles. The number of hydrogen-bond donors (Lipinski definition) is 3. The van der Waals surface area contributed by atoms with Crippen LogP contribution < -0.4 is 20.9 Å². The predicted octanol–water partition coefficient (Wildman–Crippen LogP) is 3.38. The van der Waals surface area contributed by atoms with Crippen molar-refractivity contribution in [2.75, 3.05) is 35.2 Å². The lowest BCUT2D eigenvalue weighted by atomic mass is 10.1. The van der Waals surface area contributed by atoms with Crippen LogP contribution in [0.5, 0.6) is 0 Å².